The molecule has 2 aliphatic heterocycles. The predicted molar refractivity (Wildman–Crippen MR) is 139 cm³/mol. The maximum absolute atomic E-state index is 13.5. The summed E-state index contributed by atoms with van der Waals surface area (Å²) in [6.07, 6.45) is 3.03. The van der Waals surface area contributed by atoms with E-state index in [9.17, 15) is 15.2 Å². The van der Waals surface area contributed by atoms with Gasteiger partial charge in [0.05, 0.1) is 12.7 Å². The molecule has 6 rings (SSSR count). The van der Waals surface area contributed by atoms with Gasteiger partial charge in [0, 0.05) is 36.4 Å². The van der Waals surface area contributed by atoms with Crippen LogP contribution in [0.1, 0.15) is 60.3 Å². The Balaban J connectivity index is 1.23. The minimum absolute atomic E-state index is 0.00730. The zero-order chi connectivity index (χ0) is 25.6. The summed E-state index contributed by atoms with van der Waals surface area (Å²) in [5.74, 6) is 0.463. The number of nitrogens with zero attached hydrogens (tertiary/aromatic N) is 2. The fraction of sp³-hybridized carbons (Fsp3) is 0.355. The molecule has 37 heavy (non-hydrogen) atoms. The van der Waals surface area contributed by atoms with Gasteiger partial charge in [-0.25, -0.2) is 4.79 Å². The van der Waals surface area contributed by atoms with E-state index in [1.54, 1.807) is 18.2 Å². The standard InChI is InChI=1S/C31H30N2O4/c1-36-29-15-7-14-28(26(29)18-32)31(35)16-20-8-6-9-21(17-31)33(20)30(34)37-19-27-24-12-4-2-10-22(24)23-11-3-5-13-25(23)27/h2-5,7,10-15,20-21,27,35H,6,8-9,16-17,19H2,1H3. The molecule has 3 aromatic rings. The second-order valence-corrected chi connectivity index (χ2v) is 10.4. The number of benzene rings is 3. The number of carbonyl (C=O) groups is 1. The Bertz CT molecular complexity index is 1330. The number of ether oxygens (including phenoxy) is 2. The number of nitriles is 1. The fourth-order valence-corrected chi connectivity index (χ4v) is 6.82. The molecule has 2 atom stereocenters. The van der Waals surface area contributed by atoms with Crippen LogP contribution in [0.3, 0.4) is 0 Å². The summed E-state index contributed by atoms with van der Waals surface area (Å²) in [7, 11) is 1.53. The summed E-state index contributed by atoms with van der Waals surface area (Å²) in [5.41, 5.74) is 4.52. The van der Waals surface area contributed by atoms with Crippen LogP contribution in [0.15, 0.2) is 66.7 Å². The maximum Gasteiger partial charge on any atom is 0.410 e. The molecule has 1 aliphatic carbocycles. The van der Waals surface area contributed by atoms with Gasteiger partial charge in [0.25, 0.3) is 0 Å². The third-order valence-corrected chi connectivity index (χ3v) is 8.41. The van der Waals surface area contributed by atoms with Crippen molar-refractivity contribution in [2.45, 2.75) is 55.7 Å². The maximum atomic E-state index is 13.5. The number of hydrogen-bond donors (Lipinski definition) is 1. The molecule has 2 heterocycles. The molecule has 2 saturated heterocycles. The summed E-state index contributed by atoms with van der Waals surface area (Å²) in [4.78, 5) is 15.4. The van der Waals surface area contributed by atoms with Crippen LogP contribution in [0.2, 0.25) is 0 Å². The van der Waals surface area contributed by atoms with Crippen molar-refractivity contribution in [2.75, 3.05) is 13.7 Å². The van der Waals surface area contributed by atoms with Gasteiger partial charge in [0.15, 0.2) is 0 Å². The van der Waals surface area contributed by atoms with Crippen molar-refractivity contribution >= 4 is 6.09 Å². The highest BCUT2D eigenvalue weighted by molar-refractivity contribution is 5.79. The summed E-state index contributed by atoms with van der Waals surface area (Å²) in [6, 6.07) is 23.9. The van der Waals surface area contributed by atoms with Gasteiger partial charge < -0.3 is 19.5 Å². The molecule has 3 aromatic carbocycles. The first-order chi connectivity index (χ1) is 18.0. The van der Waals surface area contributed by atoms with E-state index < -0.39 is 5.60 Å². The summed E-state index contributed by atoms with van der Waals surface area (Å²) in [5, 5.41) is 21.6. The smallest absolute Gasteiger partial charge is 0.410 e. The molecule has 2 unspecified atom stereocenters. The van der Waals surface area contributed by atoms with E-state index in [0.29, 0.717) is 29.7 Å². The fourth-order valence-electron chi connectivity index (χ4n) is 6.82. The molecule has 0 spiro atoms. The summed E-state index contributed by atoms with van der Waals surface area (Å²) >= 11 is 0. The lowest BCUT2D eigenvalue weighted by molar-refractivity contribution is -0.0892. The lowest BCUT2D eigenvalue weighted by Gasteiger charge is -2.51. The molecular weight excluding hydrogens is 464 g/mol. The number of methoxy groups -OCH3 is 1. The Morgan fingerprint density at radius 2 is 1.62 bits per heavy atom. The minimum Gasteiger partial charge on any atom is -0.495 e. The number of hydrogen-bond acceptors (Lipinski definition) is 5. The average molecular weight is 495 g/mol. The summed E-state index contributed by atoms with van der Waals surface area (Å²) in [6.45, 7) is 0.279. The van der Waals surface area contributed by atoms with Crippen LogP contribution >= 0.6 is 0 Å². The third-order valence-electron chi connectivity index (χ3n) is 8.41. The lowest BCUT2D eigenvalue weighted by atomic mass is 9.71. The SMILES string of the molecule is COc1cccc(C2(O)CC3CCCC(C2)N3C(=O)OCC2c3ccccc3-c3ccccc32)c1C#N. The number of aliphatic hydroxyl groups is 1. The first-order valence-corrected chi connectivity index (χ1v) is 13.0. The lowest BCUT2D eigenvalue weighted by Crippen LogP contribution is -2.59. The molecule has 2 fully saturated rings. The van der Waals surface area contributed by atoms with E-state index >= 15 is 0 Å². The molecule has 188 valence electrons. The molecule has 0 aromatic heterocycles. The number of amides is 1. The van der Waals surface area contributed by atoms with Crippen LogP contribution in [-0.2, 0) is 10.3 Å². The van der Waals surface area contributed by atoms with Gasteiger partial charge in [0.2, 0.25) is 0 Å². The van der Waals surface area contributed by atoms with Crippen molar-refractivity contribution in [3.8, 4) is 22.9 Å². The number of piperidine rings is 2. The van der Waals surface area contributed by atoms with Gasteiger partial charge in [-0.15, -0.1) is 0 Å². The second-order valence-electron chi connectivity index (χ2n) is 10.4. The van der Waals surface area contributed by atoms with Crippen LogP contribution in [0.4, 0.5) is 4.79 Å². The van der Waals surface area contributed by atoms with E-state index in [-0.39, 0.29) is 30.7 Å². The van der Waals surface area contributed by atoms with Crippen molar-refractivity contribution in [1.29, 1.82) is 5.26 Å². The number of carbonyl (C=O) groups excluding carboxylic acids is 1. The first kappa shape index (κ1) is 23.6. The first-order valence-electron chi connectivity index (χ1n) is 13.0. The van der Waals surface area contributed by atoms with Crippen LogP contribution in [0, 0.1) is 11.3 Å². The Hall–Kier alpha value is -3.82. The Morgan fingerprint density at radius 1 is 1.00 bits per heavy atom. The van der Waals surface area contributed by atoms with Crippen molar-refractivity contribution < 1.29 is 19.4 Å². The van der Waals surface area contributed by atoms with E-state index in [1.165, 1.54) is 29.4 Å². The molecule has 0 saturated carbocycles. The summed E-state index contributed by atoms with van der Waals surface area (Å²) < 4.78 is 11.4. The Kier molecular flexibility index (Phi) is 5.89. The molecule has 2 bridgehead atoms. The molecule has 6 nitrogen and oxygen atoms in total. The molecule has 1 amide bonds. The van der Waals surface area contributed by atoms with Crippen LogP contribution in [0.5, 0.6) is 5.75 Å². The highest BCUT2D eigenvalue weighted by atomic mass is 16.6. The number of rotatable bonds is 4. The topological polar surface area (TPSA) is 82.8 Å². The average Bonchev–Trinajstić information content (AvgIpc) is 3.24. The monoisotopic (exact) mass is 494 g/mol. The van der Waals surface area contributed by atoms with Crippen molar-refractivity contribution in [2.24, 2.45) is 0 Å². The third kappa shape index (κ3) is 3.86. The molecular formula is C31H30N2O4. The van der Waals surface area contributed by atoms with Gasteiger partial charge in [-0.2, -0.15) is 5.26 Å². The Morgan fingerprint density at radius 3 is 2.22 bits per heavy atom. The second kappa shape index (κ2) is 9.24. The minimum atomic E-state index is -1.20. The number of fused-ring (bicyclic) bond motifs is 5. The van der Waals surface area contributed by atoms with Crippen molar-refractivity contribution in [1.82, 2.24) is 4.90 Å². The molecule has 3 aliphatic rings. The van der Waals surface area contributed by atoms with E-state index in [0.717, 1.165) is 19.3 Å². The molecule has 1 N–H and O–H groups in total. The quantitative estimate of drug-likeness (QED) is 0.502. The van der Waals surface area contributed by atoms with Gasteiger partial charge in [-0.3, -0.25) is 0 Å². The van der Waals surface area contributed by atoms with Gasteiger partial charge >= 0.3 is 6.09 Å². The predicted octanol–water partition coefficient (Wildman–Crippen LogP) is 5.72. The zero-order valence-corrected chi connectivity index (χ0v) is 20.9. The normalized spacial score (nSPS) is 24.1. The Labute approximate surface area is 217 Å². The highest BCUT2D eigenvalue weighted by Gasteiger charge is 2.49. The van der Waals surface area contributed by atoms with Crippen molar-refractivity contribution in [3.63, 3.8) is 0 Å². The molecule has 0 radical (unpaired) electrons. The van der Waals surface area contributed by atoms with Crippen molar-refractivity contribution in [3.05, 3.63) is 89.0 Å². The van der Waals surface area contributed by atoms with E-state index in [1.807, 2.05) is 29.2 Å². The van der Waals surface area contributed by atoms with E-state index in [4.69, 9.17) is 9.47 Å². The van der Waals surface area contributed by atoms with Crippen LogP contribution in [-0.4, -0.2) is 41.9 Å². The van der Waals surface area contributed by atoms with Crippen LogP contribution in [0.25, 0.3) is 11.1 Å². The van der Waals surface area contributed by atoms with Gasteiger partial charge in [0.1, 0.15) is 24.0 Å². The van der Waals surface area contributed by atoms with E-state index in [2.05, 4.69) is 30.3 Å². The molecule has 6 heteroatoms. The zero-order valence-electron chi connectivity index (χ0n) is 20.9. The largest absolute Gasteiger partial charge is 0.495 e. The highest BCUT2D eigenvalue weighted by Crippen LogP contribution is 2.47. The van der Waals surface area contributed by atoms with Gasteiger partial charge in [-0.05, 0) is 47.6 Å². The van der Waals surface area contributed by atoms with Gasteiger partial charge in [-0.1, -0.05) is 60.7 Å². The van der Waals surface area contributed by atoms with Crippen LogP contribution < -0.4 is 4.74 Å².